The van der Waals surface area contributed by atoms with Crippen LogP contribution in [0.1, 0.15) is 38.8 Å². The molecule has 5 aromatic rings. The van der Waals surface area contributed by atoms with E-state index >= 15 is 0 Å². The highest BCUT2D eigenvalue weighted by Crippen LogP contribution is 2.45. The predicted molar refractivity (Wildman–Crippen MR) is 166 cm³/mol. The number of amides is 4. The van der Waals surface area contributed by atoms with Crippen molar-refractivity contribution in [3.63, 3.8) is 0 Å². The molecule has 0 aliphatic carbocycles. The van der Waals surface area contributed by atoms with Gasteiger partial charge in [-0.2, -0.15) is 0 Å². The third-order valence-corrected chi connectivity index (χ3v) is 8.50. The number of imide groups is 1. The largest absolute Gasteiger partial charge is 0.497 e. The lowest BCUT2D eigenvalue weighted by molar-refractivity contribution is -0.120. The number of carbonyl (C=O) groups is 3. The zero-order chi connectivity index (χ0) is 30.4. The van der Waals surface area contributed by atoms with Gasteiger partial charge in [0.25, 0.3) is 11.8 Å². The van der Waals surface area contributed by atoms with E-state index in [0.29, 0.717) is 17.9 Å². The first-order valence-corrected chi connectivity index (χ1v) is 14.4. The van der Waals surface area contributed by atoms with Crippen molar-refractivity contribution in [2.75, 3.05) is 19.1 Å². The summed E-state index contributed by atoms with van der Waals surface area (Å²) in [4.78, 5) is 48.4. The number of fused-ring (bicyclic) bond motifs is 4. The lowest BCUT2D eigenvalue weighted by atomic mass is 9.89. The van der Waals surface area contributed by atoms with Crippen molar-refractivity contribution >= 4 is 34.4 Å². The Hall–Kier alpha value is -5.57. The number of nitrogens with one attached hydrogen (secondary N) is 2. The number of rotatable bonds is 7. The first kappa shape index (κ1) is 27.3. The van der Waals surface area contributed by atoms with Crippen molar-refractivity contribution in [3.05, 3.63) is 125 Å². The van der Waals surface area contributed by atoms with Gasteiger partial charge < -0.3 is 19.8 Å². The Morgan fingerprint density at radius 1 is 0.886 bits per heavy atom. The molecule has 2 atom stereocenters. The molecule has 9 heteroatoms. The van der Waals surface area contributed by atoms with Crippen LogP contribution in [-0.2, 0) is 17.8 Å². The Balaban J connectivity index is 1.27. The lowest BCUT2D eigenvalue weighted by Gasteiger charge is -2.36. The highest BCUT2D eigenvalue weighted by Gasteiger charge is 2.53. The molecule has 2 N–H and O–H groups in total. The van der Waals surface area contributed by atoms with Gasteiger partial charge in [0.05, 0.1) is 25.5 Å². The summed E-state index contributed by atoms with van der Waals surface area (Å²) in [5.41, 5.74) is 4.96. The molecule has 0 radical (unpaired) electrons. The molecule has 1 aromatic heterocycles. The quantitative estimate of drug-likeness (QED) is 0.242. The molecule has 7 rings (SSSR count). The number of aromatic nitrogens is 1. The van der Waals surface area contributed by atoms with Gasteiger partial charge in [0.2, 0.25) is 0 Å². The minimum Gasteiger partial charge on any atom is -0.497 e. The zero-order valence-corrected chi connectivity index (χ0v) is 24.2. The molecule has 0 bridgehead atoms. The highest BCUT2D eigenvalue weighted by atomic mass is 16.5. The third kappa shape index (κ3) is 4.36. The molecular formula is C35H30N4O5. The van der Waals surface area contributed by atoms with E-state index in [2.05, 4.69) is 10.3 Å². The number of H-pyrrole nitrogens is 1. The summed E-state index contributed by atoms with van der Waals surface area (Å²) in [6.45, 7) is 0.217. The summed E-state index contributed by atoms with van der Waals surface area (Å²) in [7, 11) is 3.18. The summed E-state index contributed by atoms with van der Waals surface area (Å²) in [6.07, 6.45) is 0.356. The topological polar surface area (TPSA) is 104 Å². The summed E-state index contributed by atoms with van der Waals surface area (Å²) in [5.74, 6) is 0.578. The number of aromatic amines is 1. The SMILES string of the molecule is COc1ccc(C2c3[nH]c4ccccc4c3CC3C(=O)N(c4ccccc4C(=O)NCc4ccccc4OC)C(=O)N32)cc1. The molecule has 4 amide bonds. The normalized spacial score (nSPS) is 17.4. The molecule has 2 aliphatic heterocycles. The maximum absolute atomic E-state index is 14.4. The van der Waals surface area contributed by atoms with E-state index in [9.17, 15) is 14.4 Å². The molecule has 0 spiro atoms. The monoisotopic (exact) mass is 586 g/mol. The molecule has 1 saturated heterocycles. The van der Waals surface area contributed by atoms with Crippen LogP contribution >= 0.6 is 0 Å². The minimum atomic E-state index is -0.744. The van der Waals surface area contributed by atoms with Crippen LogP contribution < -0.4 is 19.7 Å². The van der Waals surface area contributed by atoms with Gasteiger partial charge >= 0.3 is 6.03 Å². The number of benzene rings is 4. The number of carbonyl (C=O) groups excluding carboxylic acids is 3. The van der Waals surface area contributed by atoms with Crippen molar-refractivity contribution in [1.82, 2.24) is 15.2 Å². The number of ether oxygens (including phenoxy) is 2. The van der Waals surface area contributed by atoms with Gasteiger partial charge in [-0.05, 0) is 47.5 Å². The number of nitrogens with zero attached hydrogens (tertiary/aromatic N) is 2. The second-order valence-corrected chi connectivity index (χ2v) is 10.8. The van der Waals surface area contributed by atoms with E-state index in [0.717, 1.165) is 38.2 Å². The van der Waals surface area contributed by atoms with Crippen LogP contribution in [0.3, 0.4) is 0 Å². The average Bonchev–Trinajstić information content (AvgIpc) is 3.56. The van der Waals surface area contributed by atoms with Crippen LogP contribution in [0.2, 0.25) is 0 Å². The predicted octanol–water partition coefficient (Wildman–Crippen LogP) is 5.60. The van der Waals surface area contributed by atoms with Crippen LogP contribution in [0.25, 0.3) is 10.9 Å². The van der Waals surface area contributed by atoms with Gasteiger partial charge in [0.15, 0.2) is 0 Å². The van der Waals surface area contributed by atoms with E-state index in [-0.39, 0.29) is 23.7 Å². The number of para-hydroxylation sites is 3. The Morgan fingerprint density at radius 2 is 1.61 bits per heavy atom. The van der Waals surface area contributed by atoms with Crippen molar-refractivity contribution in [3.8, 4) is 11.5 Å². The molecule has 2 aliphatic rings. The van der Waals surface area contributed by atoms with Crippen LogP contribution in [-0.4, -0.2) is 48.0 Å². The van der Waals surface area contributed by atoms with E-state index in [4.69, 9.17) is 9.47 Å². The van der Waals surface area contributed by atoms with Gasteiger partial charge in [-0.1, -0.05) is 60.7 Å². The molecular weight excluding hydrogens is 556 g/mol. The second-order valence-electron chi connectivity index (χ2n) is 10.8. The van der Waals surface area contributed by atoms with Crippen LogP contribution in [0.4, 0.5) is 10.5 Å². The van der Waals surface area contributed by atoms with Crippen LogP contribution in [0.15, 0.2) is 97.1 Å². The van der Waals surface area contributed by atoms with E-state index < -0.39 is 24.0 Å². The zero-order valence-electron chi connectivity index (χ0n) is 24.2. The van der Waals surface area contributed by atoms with Gasteiger partial charge in [0, 0.05) is 35.1 Å². The van der Waals surface area contributed by atoms with E-state index in [1.165, 1.54) is 0 Å². The van der Waals surface area contributed by atoms with Crippen molar-refractivity contribution in [1.29, 1.82) is 0 Å². The fourth-order valence-electron chi connectivity index (χ4n) is 6.41. The number of urea groups is 1. The third-order valence-electron chi connectivity index (χ3n) is 8.50. The second kappa shape index (κ2) is 10.9. The number of hydrogen-bond acceptors (Lipinski definition) is 5. The van der Waals surface area contributed by atoms with E-state index in [1.807, 2.05) is 72.8 Å². The van der Waals surface area contributed by atoms with Gasteiger partial charge in [-0.3, -0.25) is 14.5 Å². The highest BCUT2D eigenvalue weighted by molar-refractivity contribution is 6.24. The average molecular weight is 587 g/mol. The number of hydrogen-bond donors (Lipinski definition) is 2. The van der Waals surface area contributed by atoms with Crippen LogP contribution in [0, 0.1) is 0 Å². The lowest BCUT2D eigenvalue weighted by Crippen LogP contribution is -2.44. The molecule has 9 nitrogen and oxygen atoms in total. The first-order valence-electron chi connectivity index (χ1n) is 14.4. The first-order chi connectivity index (χ1) is 21.5. The Morgan fingerprint density at radius 3 is 2.41 bits per heavy atom. The Labute approximate surface area is 254 Å². The Kier molecular flexibility index (Phi) is 6.77. The standard InChI is InChI=1S/C35H30N4O5/c1-43-23-17-15-21(16-18-23)32-31-26(24-10-4-6-12-27(24)37-31)19-29-34(41)39(35(42)38(29)32)28-13-7-5-11-25(28)33(40)36-20-22-9-3-8-14-30(22)44-2/h3-18,29,32,37H,19-20H2,1-2H3,(H,36,40). The van der Waals surface area contributed by atoms with Gasteiger partial charge in [-0.15, -0.1) is 0 Å². The summed E-state index contributed by atoms with van der Waals surface area (Å²) >= 11 is 0. The van der Waals surface area contributed by atoms with Crippen molar-refractivity contribution in [2.45, 2.75) is 25.0 Å². The fraction of sp³-hybridized carbons (Fsp3) is 0.171. The molecule has 0 saturated carbocycles. The summed E-state index contributed by atoms with van der Waals surface area (Å²) < 4.78 is 10.8. The van der Waals surface area contributed by atoms with Gasteiger partial charge in [-0.25, -0.2) is 9.69 Å². The maximum atomic E-state index is 14.4. The molecule has 4 aromatic carbocycles. The van der Waals surface area contributed by atoms with E-state index in [1.54, 1.807) is 43.4 Å². The molecule has 3 heterocycles. The fourth-order valence-corrected chi connectivity index (χ4v) is 6.41. The maximum Gasteiger partial charge on any atom is 0.332 e. The summed E-state index contributed by atoms with van der Waals surface area (Å²) in [6, 6.07) is 27.9. The molecule has 220 valence electrons. The van der Waals surface area contributed by atoms with Crippen LogP contribution in [0.5, 0.6) is 11.5 Å². The number of methoxy groups -OCH3 is 2. The smallest absolute Gasteiger partial charge is 0.332 e. The minimum absolute atomic E-state index is 0.217. The number of anilines is 1. The molecule has 44 heavy (non-hydrogen) atoms. The Bertz CT molecular complexity index is 1910. The summed E-state index contributed by atoms with van der Waals surface area (Å²) in [5, 5.41) is 3.95. The van der Waals surface area contributed by atoms with Crippen molar-refractivity contribution < 1.29 is 23.9 Å². The van der Waals surface area contributed by atoms with Crippen molar-refractivity contribution in [2.24, 2.45) is 0 Å². The molecule has 2 unspecified atom stereocenters. The molecule has 1 fully saturated rings. The van der Waals surface area contributed by atoms with Gasteiger partial charge in [0.1, 0.15) is 23.6 Å².